The highest BCUT2D eigenvalue weighted by Crippen LogP contribution is 2.41. The monoisotopic (exact) mass is 520 g/mol. The van der Waals surface area contributed by atoms with Crippen LogP contribution in [0.4, 0.5) is 11.6 Å². The first-order chi connectivity index (χ1) is 16.4. The SMILES string of the molecule is N#Cc1c(N=S2(=O)CCC(c3ncc(Cl)cn3)CC2)nc(NC2(CO)CCC2)c2c1CC[S@]2=O. The van der Waals surface area contributed by atoms with E-state index in [2.05, 4.69) is 30.7 Å². The molecule has 180 valence electrons. The quantitative estimate of drug-likeness (QED) is 0.612. The van der Waals surface area contributed by atoms with E-state index < -0.39 is 26.1 Å². The normalized spacial score (nSPS) is 27.3. The molecule has 1 saturated heterocycles. The summed E-state index contributed by atoms with van der Waals surface area (Å²) in [5.41, 5.74) is 0.414. The van der Waals surface area contributed by atoms with Crippen molar-refractivity contribution in [2.75, 3.05) is 29.2 Å². The van der Waals surface area contributed by atoms with E-state index in [1.165, 1.54) is 0 Å². The fourth-order valence-corrected chi connectivity index (χ4v) is 8.39. The van der Waals surface area contributed by atoms with Gasteiger partial charge in [0.1, 0.15) is 23.3 Å². The molecule has 0 spiro atoms. The topological polar surface area (TPSA) is 141 Å². The van der Waals surface area contributed by atoms with Gasteiger partial charge in [-0.3, -0.25) is 4.21 Å². The molecule has 1 atom stereocenters. The van der Waals surface area contributed by atoms with E-state index >= 15 is 0 Å². The van der Waals surface area contributed by atoms with Gasteiger partial charge in [-0.2, -0.15) is 9.62 Å². The number of aliphatic hydroxyl groups is 1. The van der Waals surface area contributed by atoms with Crippen LogP contribution in [0.3, 0.4) is 0 Å². The van der Waals surface area contributed by atoms with E-state index in [-0.39, 0.29) is 23.9 Å². The zero-order valence-electron chi connectivity index (χ0n) is 18.5. The molecule has 4 heterocycles. The van der Waals surface area contributed by atoms with Gasteiger partial charge in [0.25, 0.3) is 0 Å². The van der Waals surface area contributed by atoms with E-state index in [1.807, 2.05) is 0 Å². The lowest BCUT2D eigenvalue weighted by atomic mass is 9.77. The Hall–Kier alpha value is -2.13. The summed E-state index contributed by atoms with van der Waals surface area (Å²) in [6.45, 7) is -0.0620. The molecule has 1 saturated carbocycles. The minimum absolute atomic E-state index is 0.0620. The van der Waals surface area contributed by atoms with Crippen molar-refractivity contribution in [2.24, 2.45) is 4.36 Å². The molecular formula is C22H25ClN6O3S2. The highest BCUT2D eigenvalue weighted by Gasteiger charge is 2.39. The largest absolute Gasteiger partial charge is 0.394 e. The molecule has 1 aliphatic carbocycles. The second kappa shape index (κ2) is 9.15. The maximum atomic E-state index is 13.7. The van der Waals surface area contributed by atoms with Crippen LogP contribution in [0.1, 0.15) is 55.0 Å². The van der Waals surface area contributed by atoms with Gasteiger partial charge >= 0.3 is 0 Å². The van der Waals surface area contributed by atoms with Crippen LogP contribution in [0.2, 0.25) is 5.02 Å². The molecule has 5 rings (SSSR count). The number of halogens is 1. The fourth-order valence-electron chi connectivity index (χ4n) is 4.77. The summed E-state index contributed by atoms with van der Waals surface area (Å²) in [5.74, 6) is 2.40. The molecule has 12 heteroatoms. The number of rotatable bonds is 5. The van der Waals surface area contributed by atoms with Crippen molar-refractivity contribution in [3.63, 3.8) is 0 Å². The van der Waals surface area contributed by atoms with Crippen molar-refractivity contribution in [1.82, 2.24) is 15.0 Å². The van der Waals surface area contributed by atoms with Crippen LogP contribution in [-0.4, -0.2) is 57.9 Å². The summed E-state index contributed by atoms with van der Waals surface area (Å²) in [6.07, 6.45) is 7.38. The second-order valence-electron chi connectivity index (χ2n) is 9.10. The van der Waals surface area contributed by atoms with Crippen molar-refractivity contribution in [2.45, 2.75) is 54.9 Å². The van der Waals surface area contributed by atoms with Crippen molar-refractivity contribution in [3.05, 3.63) is 34.4 Å². The average Bonchev–Trinajstić information content (AvgIpc) is 3.19. The Labute approximate surface area is 206 Å². The Morgan fingerprint density at radius 3 is 2.62 bits per heavy atom. The standard InChI is InChI=1S/C22H25ClN6O3S2/c23-15-11-25-19(26-12-15)14-3-8-34(32,9-4-14)29-20-17(10-24)16-2-7-33(31)18(16)21(27-20)28-22(13-30)5-1-6-22/h11-12,14,30H,1-9,13H2,(H,27,28)/t14?,33-,34?/m1/s1. The highest BCUT2D eigenvalue weighted by atomic mass is 35.5. The van der Waals surface area contributed by atoms with Crippen LogP contribution in [0.15, 0.2) is 21.7 Å². The first-order valence-corrected chi connectivity index (χ1v) is 14.8. The number of aromatic nitrogens is 3. The lowest BCUT2D eigenvalue weighted by molar-refractivity contribution is 0.143. The molecule has 0 aromatic carbocycles. The molecule has 9 nitrogen and oxygen atoms in total. The predicted octanol–water partition coefficient (Wildman–Crippen LogP) is 3.06. The Morgan fingerprint density at radius 2 is 2.03 bits per heavy atom. The predicted molar refractivity (Wildman–Crippen MR) is 130 cm³/mol. The molecule has 0 unspecified atom stereocenters. The number of nitriles is 1. The number of hydrogen-bond donors (Lipinski definition) is 2. The molecule has 2 N–H and O–H groups in total. The van der Waals surface area contributed by atoms with Crippen LogP contribution >= 0.6 is 11.6 Å². The number of aliphatic hydroxyl groups excluding tert-OH is 1. The summed E-state index contributed by atoms with van der Waals surface area (Å²) in [4.78, 5) is 13.7. The van der Waals surface area contributed by atoms with Gasteiger partial charge < -0.3 is 10.4 Å². The van der Waals surface area contributed by atoms with Crippen LogP contribution < -0.4 is 5.32 Å². The number of nitrogens with zero attached hydrogens (tertiary/aromatic N) is 5. The number of hydrogen-bond acceptors (Lipinski definition) is 9. The minimum Gasteiger partial charge on any atom is -0.394 e. The molecule has 0 radical (unpaired) electrons. The van der Waals surface area contributed by atoms with Crippen molar-refractivity contribution in [1.29, 1.82) is 5.26 Å². The second-order valence-corrected chi connectivity index (χ2v) is 13.6. The zero-order chi connectivity index (χ0) is 23.9. The maximum Gasteiger partial charge on any atom is 0.181 e. The Balaban J connectivity index is 1.49. The number of nitrogens with one attached hydrogen (secondary N) is 1. The summed E-state index contributed by atoms with van der Waals surface area (Å²) in [6, 6.07) is 2.17. The van der Waals surface area contributed by atoms with Gasteiger partial charge in [0.2, 0.25) is 0 Å². The van der Waals surface area contributed by atoms with Gasteiger partial charge in [-0.05, 0) is 44.1 Å². The lowest BCUT2D eigenvalue weighted by Crippen LogP contribution is -2.48. The zero-order valence-corrected chi connectivity index (χ0v) is 20.9. The fraction of sp³-hybridized carbons (Fsp3) is 0.545. The van der Waals surface area contributed by atoms with E-state index in [0.29, 0.717) is 63.6 Å². The van der Waals surface area contributed by atoms with Crippen molar-refractivity contribution < 1.29 is 13.5 Å². The maximum absolute atomic E-state index is 13.7. The van der Waals surface area contributed by atoms with Gasteiger partial charge in [-0.15, -0.1) is 0 Å². The van der Waals surface area contributed by atoms with E-state index in [4.69, 9.17) is 11.6 Å². The van der Waals surface area contributed by atoms with Gasteiger partial charge in [-0.1, -0.05) is 11.6 Å². The van der Waals surface area contributed by atoms with Crippen LogP contribution in [0, 0.1) is 11.3 Å². The summed E-state index contributed by atoms with van der Waals surface area (Å²) >= 11 is 5.88. The smallest absolute Gasteiger partial charge is 0.181 e. The molecule has 2 aromatic rings. The molecular weight excluding hydrogens is 496 g/mol. The molecule has 2 fully saturated rings. The van der Waals surface area contributed by atoms with Crippen LogP contribution in [-0.2, 0) is 26.9 Å². The summed E-state index contributed by atoms with van der Waals surface area (Å²) < 4.78 is 31.0. The molecule has 3 aliphatic rings. The number of anilines is 1. The van der Waals surface area contributed by atoms with E-state index in [0.717, 1.165) is 19.3 Å². The summed E-state index contributed by atoms with van der Waals surface area (Å²) in [5, 5.41) is 23.6. The van der Waals surface area contributed by atoms with Gasteiger partial charge in [-0.25, -0.2) is 19.2 Å². The van der Waals surface area contributed by atoms with E-state index in [1.54, 1.807) is 12.4 Å². The molecule has 2 aliphatic heterocycles. The third kappa shape index (κ3) is 4.33. The third-order valence-electron chi connectivity index (χ3n) is 6.93. The van der Waals surface area contributed by atoms with Gasteiger partial charge in [0.15, 0.2) is 5.82 Å². The molecule has 0 bridgehead atoms. The molecule has 2 aromatic heterocycles. The highest BCUT2D eigenvalue weighted by molar-refractivity contribution is 7.93. The van der Waals surface area contributed by atoms with Gasteiger partial charge in [0, 0.05) is 35.6 Å². The van der Waals surface area contributed by atoms with Crippen LogP contribution in [0.5, 0.6) is 0 Å². The average molecular weight is 521 g/mol. The summed E-state index contributed by atoms with van der Waals surface area (Å²) in [7, 11) is -3.92. The number of fused-ring (bicyclic) bond motifs is 1. The Kier molecular flexibility index (Phi) is 6.35. The first-order valence-electron chi connectivity index (χ1n) is 11.3. The Morgan fingerprint density at radius 1 is 1.32 bits per heavy atom. The van der Waals surface area contributed by atoms with E-state index in [9.17, 15) is 18.8 Å². The molecule has 34 heavy (non-hydrogen) atoms. The van der Waals surface area contributed by atoms with Crippen molar-refractivity contribution in [3.8, 4) is 6.07 Å². The van der Waals surface area contributed by atoms with Gasteiger partial charge in [0.05, 0.1) is 42.6 Å². The molecule has 0 amide bonds. The first kappa shape index (κ1) is 23.6. The Bertz CT molecular complexity index is 1290. The number of pyridine rings is 1. The minimum atomic E-state index is -2.64. The third-order valence-corrected chi connectivity index (χ3v) is 10.9. The van der Waals surface area contributed by atoms with Crippen LogP contribution in [0.25, 0.3) is 0 Å². The van der Waals surface area contributed by atoms with Crippen molar-refractivity contribution >= 4 is 43.8 Å². The lowest BCUT2D eigenvalue weighted by Gasteiger charge is -2.41.